The Morgan fingerprint density at radius 2 is 2.11 bits per heavy atom. The maximum absolute atomic E-state index is 5.76. The summed E-state index contributed by atoms with van der Waals surface area (Å²) in [5.41, 5.74) is 2.12. The zero-order valence-corrected chi connectivity index (χ0v) is 12.0. The molecule has 0 amide bonds. The average Bonchev–Trinajstić information content (AvgIpc) is 3.00. The smallest absolute Gasteiger partial charge is 0.216 e. The molecule has 5 heteroatoms. The van der Waals surface area contributed by atoms with E-state index >= 15 is 0 Å². The fourth-order valence-corrected chi connectivity index (χ4v) is 2.34. The van der Waals surface area contributed by atoms with Gasteiger partial charge in [0.1, 0.15) is 6.54 Å². The van der Waals surface area contributed by atoms with Crippen LogP contribution in [0, 0.1) is 6.92 Å². The average molecular weight is 318 g/mol. The second kappa shape index (κ2) is 5.01. The maximum Gasteiger partial charge on any atom is 0.216 e. The first-order chi connectivity index (χ1) is 9.22. The molecule has 0 spiro atoms. The summed E-state index contributed by atoms with van der Waals surface area (Å²) in [6.45, 7) is 2.55. The first kappa shape index (κ1) is 12.2. The van der Waals surface area contributed by atoms with Crippen molar-refractivity contribution >= 4 is 15.9 Å². The Hall–Kier alpha value is -1.88. The zero-order chi connectivity index (χ0) is 13.2. The Labute approximate surface area is 119 Å². The van der Waals surface area contributed by atoms with Crippen molar-refractivity contribution in [1.82, 2.24) is 14.8 Å². The van der Waals surface area contributed by atoms with Gasteiger partial charge in [0.2, 0.25) is 5.89 Å². The van der Waals surface area contributed by atoms with E-state index in [1.807, 2.05) is 48.3 Å². The number of hydrogen-bond donors (Lipinski definition) is 0. The summed E-state index contributed by atoms with van der Waals surface area (Å²) >= 11 is 3.51. The molecule has 0 saturated carbocycles. The predicted molar refractivity (Wildman–Crippen MR) is 75.7 cm³/mol. The number of halogens is 1. The molecule has 19 heavy (non-hydrogen) atoms. The number of oxazole rings is 1. The van der Waals surface area contributed by atoms with E-state index in [1.54, 1.807) is 6.20 Å². The molecule has 0 unspecified atom stereocenters. The van der Waals surface area contributed by atoms with Gasteiger partial charge < -0.3 is 4.42 Å². The van der Waals surface area contributed by atoms with Crippen LogP contribution in [0.15, 0.2) is 51.7 Å². The van der Waals surface area contributed by atoms with Gasteiger partial charge in [-0.3, -0.25) is 4.68 Å². The van der Waals surface area contributed by atoms with E-state index in [4.69, 9.17) is 4.42 Å². The third kappa shape index (κ3) is 2.61. The molecule has 0 bridgehead atoms. The van der Waals surface area contributed by atoms with Gasteiger partial charge in [-0.05, 0) is 18.6 Å². The number of benzene rings is 1. The van der Waals surface area contributed by atoms with E-state index in [0.717, 1.165) is 21.4 Å². The van der Waals surface area contributed by atoms with E-state index < -0.39 is 0 Å². The van der Waals surface area contributed by atoms with Crippen molar-refractivity contribution in [3.8, 4) is 11.3 Å². The minimum absolute atomic E-state index is 0.540. The molecular formula is C14H12BrN3O. The molecule has 0 radical (unpaired) electrons. The van der Waals surface area contributed by atoms with Gasteiger partial charge in [0.25, 0.3) is 0 Å². The molecular weight excluding hydrogens is 306 g/mol. The van der Waals surface area contributed by atoms with Crippen LogP contribution in [0.5, 0.6) is 0 Å². The Balaban J connectivity index is 1.86. The molecule has 0 atom stereocenters. The summed E-state index contributed by atoms with van der Waals surface area (Å²) in [5, 5.41) is 4.22. The monoisotopic (exact) mass is 317 g/mol. The second-order valence-electron chi connectivity index (χ2n) is 4.31. The van der Waals surface area contributed by atoms with Crippen molar-refractivity contribution in [3.05, 3.63) is 58.8 Å². The van der Waals surface area contributed by atoms with Crippen LogP contribution in [-0.4, -0.2) is 14.8 Å². The molecule has 2 heterocycles. The fraction of sp³-hybridized carbons (Fsp3) is 0.143. The van der Waals surface area contributed by atoms with E-state index in [0.29, 0.717) is 12.4 Å². The van der Waals surface area contributed by atoms with E-state index in [1.165, 1.54) is 0 Å². The normalized spacial score (nSPS) is 10.8. The number of aryl methyl sites for hydroxylation is 1. The standard InChI is InChI=1S/C14H12BrN3O/c1-10-6-17-18(8-10)9-14-16-7-13(19-14)11-4-2-3-5-12(11)15/h2-8H,9H2,1H3. The van der Waals surface area contributed by atoms with Gasteiger partial charge in [-0.15, -0.1) is 0 Å². The minimum atomic E-state index is 0.540. The highest BCUT2D eigenvalue weighted by Crippen LogP contribution is 2.28. The molecule has 4 nitrogen and oxygen atoms in total. The summed E-state index contributed by atoms with van der Waals surface area (Å²) in [5.74, 6) is 1.40. The van der Waals surface area contributed by atoms with Crippen LogP contribution in [0.3, 0.4) is 0 Å². The van der Waals surface area contributed by atoms with Gasteiger partial charge in [-0.25, -0.2) is 4.98 Å². The van der Waals surface area contributed by atoms with Gasteiger partial charge in [0.05, 0.1) is 12.4 Å². The van der Waals surface area contributed by atoms with Gasteiger partial charge >= 0.3 is 0 Å². The molecule has 96 valence electrons. The van der Waals surface area contributed by atoms with Crippen LogP contribution in [0.1, 0.15) is 11.5 Å². The second-order valence-corrected chi connectivity index (χ2v) is 5.17. The lowest BCUT2D eigenvalue weighted by molar-refractivity contribution is 0.474. The van der Waals surface area contributed by atoms with Gasteiger partial charge in [0, 0.05) is 16.2 Å². The molecule has 3 aromatic rings. The first-order valence-electron chi connectivity index (χ1n) is 5.91. The van der Waals surface area contributed by atoms with Crippen molar-refractivity contribution in [3.63, 3.8) is 0 Å². The van der Waals surface area contributed by atoms with E-state index in [-0.39, 0.29) is 0 Å². The molecule has 0 aliphatic carbocycles. The van der Waals surface area contributed by atoms with Crippen molar-refractivity contribution in [2.75, 3.05) is 0 Å². The van der Waals surface area contributed by atoms with Crippen LogP contribution < -0.4 is 0 Å². The van der Waals surface area contributed by atoms with Crippen LogP contribution >= 0.6 is 15.9 Å². The van der Waals surface area contributed by atoms with Crippen molar-refractivity contribution in [2.45, 2.75) is 13.5 Å². The Kier molecular flexibility index (Phi) is 3.21. The molecule has 0 N–H and O–H groups in total. The lowest BCUT2D eigenvalue weighted by Crippen LogP contribution is -1.99. The molecule has 3 rings (SSSR count). The molecule has 0 aliphatic heterocycles. The minimum Gasteiger partial charge on any atom is -0.439 e. The lowest BCUT2D eigenvalue weighted by atomic mass is 10.2. The highest BCUT2D eigenvalue weighted by Gasteiger charge is 2.09. The summed E-state index contributed by atoms with van der Waals surface area (Å²) in [4.78, 5) is 4.29. The molecule has 0 aliphatic rings. The fourth-order valence-electron chi connectivity index (χ4n) is 1.86. The van der Waals surface area contributed by atoms with Gasteiger partial charge in [-0.2, -0.15) is 5.10 Å². The van der Waals surface area contributed by atoms with Crippen LogP contribution in [0.4, 0.5) is 0 Å². The van der Waals surface area contributed by atoms with Crippen molar-refractivity contribution < 1.29 is 4.42 Å². The number of hydrogen-bond acceptors (Lipinski definition) is 3. The zero-order valence-electron chi connectivity index (χ0n) is 10.4. The Morgan fingerprint density at radius 1 is 1.26 bits per heavy atom. The molecule has 2 aromatic heterocycles. The number of aromatic nitrogens is 3. The lowest BCUT2D eigenvalue weighted by Gasteiger charge is -1.99. The summed E-state index contributed by atoms with van der Waals surface area (Å²) in [6, 6.07) is 7.91. The van der Waals surface area contributed by atoms with Crippen LogP contribution in [-0.2, 0) is 6.54 Å². The molecule has 0 fully saturated rings. The third-order valence-electron chi connectivity index (χ3n) is 2.75. The predicted octanol–water partition coefficient (Wildman–Crippen LogP) is 3.66. The SMILES string of the molecule is Cc1cnn(Cc2ncc(-c3ccccc3Br)o2)c1. The Morgan fingerprint density at radius 3 is 2.84 bits per heavy atom. The van der Waals surface area contributed by atoms with Gasteiger partial charge in [-0.1, -0.05) is 34.1 Å². The van der Waals surface area contributed by atoms with E-state index in [2.05, 4.69) is 26.0 Å². The van der Waals surface area contributed by atoms with Crippen LogP contribution in [0.25, 0.3) is 11.3 Å². The summed E-state index contributed by atoms with van der Waals surface area (Å²) < 4.78 is 8.57. The highest BCUT2D eigenvalue weighted by atomic mass is 79.9. The Bertz CT molecular complexity index is 702. The number of nitrogens with zero attached hydrogens (tertiary/aromatic N) is 3. The van der Waals surface area contributed by atoms with Crippen molar-refractivity contribution in [1.29, 1.82) is 0 Å². The van der Waals surface area contributed by atoms with E-state index in [9.17, 15) is 0 Å². The van der Waals surface area contributed by atoms with Crippen molar-refractivity contribution in [2.24, 2.45) is 0 Å². The molecule has 0 saturated heterocycles. The van der Waals surface area contributed by atoms with Gasteiger partial charge in [0.15, 0.2) is 5.76 Å². The summed E-state index contributed by atoms with van der Waals surface area (Å²) in [6.07, 6.45) is 5.52. The maximum atomic E-state index is 5.76. The quantitative estimate of drug-likeness (QED) is 0.740. The first-order valence-corrected chi connectivity index (χ1v) is 6.70. The van der Waals surface area contributed by atoms with Crippen LogP contribution in [0.2, 0.25) is 0 Å². The topological polar surface area (TPSA) is 43.9 Å². The largest absolute Gasteiger partial charge is 0.439 e. The highest BCUT2D eigenvalue weighted by molar-refractivity contribution is 9.10. The molecule has 1 aromatic carbocycles. The number of rotatable bonds is 3. The third-order valence-corrected chi connectivity index (χ3v) is 3.44. The summed E-state index contributed by atoms with van der Waals surface area (Å²) in [7, 11) is 0.